The lowest BCUT2D eigenvalue weighted by atomic mass is 10.2. The molecule has 1 aromatic heterocycles. The van der Waals surface area contributed by atoms with Gasteiger partial charge in [-0.15, -0.1) is 34.2 Å². The first-order valence-electron chi connectivity index (χ1n) is 9.09. The number of hydrogen-bond donors (Lipinski definition) is 2. The number of halogens is 3. The molecule has 2 rings (SSSR count). The third-order valence-corrected chi connectivity index (χ3v) is 3.70. The second-order valence-electron chi connectivity index (χ2n) is 5.90. The predicted octanol–water partition coefficient (Wildman–Crippen LogP) is 3.08. The molecule has 11 heteroatoms. The lowest BCUT2D eigenvalue weighted by Gasteiger charge is -2.14. The second kappa shape index (κ2) is 13.1. The molecule has 2 N–H and O–H groups in total. The van der Waals surface area contributed by atoms with E-state index in [1.54, 1.807) is 23.0 Å². The van der Waals surface area contributed by atoms with E-state index >= 15 is 0 Å². The van der Waals surface area contributed by atoms with Gasteiger partial charge in [0.1, 0.15) is 17.8 Å². The zero-order chi connectivity index (χ0) is 20.4. The molecule has 8 nitrogen and oxygen atoms in total. The van der Waals surface area contributed by atoms with Gasteiger partial charge >= 0.3 is 6.61 Å². The van der Waals surface area contributed by atoms with E-state index in [4.69, 9.17) is 4.74 Å². The molecule has 29 heavy (non-hydrogen) atoms. The Hall–Kier alpha value is -2.18. The topological polar surface area (TPSA) is 85.6 Å². The van der Waals surface area contributed by atoms with E-state index in [2.05, 4.69) is 30.6 Å². The zero-order valence-electron chi connectivity index (χ0n) is 16.7. The van der Waals surface area contributed by atoms with E-state index < -0.39 is 6.61 Å². The summed E-state index contributed by atoms with van der Waals surface area (Å²) in [6.45, 7) is 2.71. The highest BCUT2D eigenvalue weighted by Gasteiger charge is 2.12. The van der Waals surface area contributed by atoms with Crippen molar-refractivity contribution < 1.29 is 18.3 Å². The highest BCUT2D eigenvalue weighted by Crippen LogP contribution is 2.27. The molecule has 0 unspecified atom stereocenters. The lowest BCUT2D eigenvalue weighted by molar-refractivity contribution is -0.0505. The molecule has 0 fully saturated rings. The number of rotatable bonds is 10. The largest absolute Gasteiger partial charge is 0.493 e. The van der Waals surface area contributed by atoms with Crippen LogP contribution in [0, 0.1) is 0 Å². The Bertz CT molecular complexity index is 773. The summed E-state index contributed by atoms with van der Waals surface area (Å²) in [5.74, 6) is 1.80. The van der Waals surface area contributed by atoms with E-state index in [-0.39, 0.29) is 36.3 Å². The van der Waals surface area contributed by atoms with Crippen LogP contribution >= 0.6 is 24.0 Å². The maximum atomic E-state index is 12.8. The number of ether oxygens (including phenoxy) is 2. The molecule has 1 aromatic carbocycles. The number of guanidine groups is 1. The summed E-state index contributed by atoms with van der Waals surface area (Å²) in [6.07, 6.45) is 2.43. The van der Waals surface area contributed by atoms with E-state index in [0.717, 1.165) is 12.2 Å². The Labute approximate surface area is 186 Å². The highest BCUT2D eigenvalue weighted by molar-refractivity contribution is 14.0. The molecule has 0 atom stereocenters. The monoisotopic (exact) mass is 524 g/mol. The quantitative estimate of drug-likeness (QED) is 0.283. The second-order valence-corrected chi connectivity index (χ2v) is 5.90. The van der Waals surface area contributed by atoms with Crippen LogP contribution in [0.5, 0.6) is 11.5 Å². The first-order chi connectivity index (χ1) is 13.5. The fraction of sp³-hybridized carbons (Fsp3) is 0.500. The number of aliphatic imine (C=N–C) groups is 1. The van der Waals surface area contributed by atoms with E-state index in [1.165, 1.54) is 6.07 Å². The fourth-order valence-electron chi connectivity index (χ4n) is 2.32. The van der Waals surface area contributed by atoms with Crippen molar-refractivity contribution in [3.05, 3.63) is 35.9 Å². The first kappa shape index (κ1) is 24.9. The molecule has 0 radical (unpaired) electrons. The van der Waals surface area contributed by atoms with Gasteiger partial charge in [-0.25, -0.2) is 4.99 Å². The van der Waals surface area contributed by atoms with E-state index in [0.29, 0.717) is 37.0 Å². The van der Waals surface area contributed by atoms with Crippen LogP contribution in [0.4, 0.5) is 8.78 Å². The van der Waals surface area contributed by atoms with Crippen LogP contribution in [0.15, 0.2) is 29.5 Å². The van der Waals surface area contributed by atoms with Crippen molar-refractivity contribution in [2.24, 2.45) is 12.0 Å². The summed E-state index contributed by atoms with van der Waals surface area (Å²) in [6, 6.07) is 4.86. The molecule has 0 aliphatic rings. The molecule has 0 saturated carbocycles. The maximum absolute atomic E-state index is 12.8. The van der Waals surface area contributed by atoms with Crippen LogP contribution in [-0.4, -0.2) is 40.5 Å². The first-order valence-corrected chi connectivity index (χ1v) is 9.09. The Kier molecular flexibility index (Phi) is 11.2. The van der Waals surface area contributed by atoms with Gasteiger partial charge in [0.25, 0.3) is 0 Å². The highest BCUT2D eigenvalue weighted by atomic mass is 127. The van der Waals surface area contributed by atoms with E-state index in [9.17, 15) is 8.78 Å². The minimum absolute atomic E-state index is 0. The molecular weight excluding hydrogens is 497 g/mol. The van der Waals surface area contributed by atoms with Crippen molar-refractivity contribution >= 4 is 29.9 Å². The molecule has 1 heterocycles. The maximum Gasteiger partial charge on any atom is 0.387 e. The Morgan fingerprint density at radius 2 is 2.07 bits per heavy atom. The molecule has 2 aromatic rings. The van der Waals surface area contributed by atoms with Crippen LogP contribution < -0.4 is 20.1 Å². The summed E-state index contributed by atoms with van der Waals surface area (Å²) in [4.78, 5) is 4.44. The number of hydrogen-bond acceptors (Lipinski definition) is 5. The fourth-order valence-corrected chi connectivity index (χ4v) is 2.32. The van der Waals surface area contributed by atoms with Crippen molar-refractivity contribution in [3.8, 4) is 11.5 Å². The summed E-state index contributed by atoms with van der Waals surface area (Å²) in [5.41, 5.74) is 0.528. The van der Waals surface area contributed by atoms with Crippen molar-refractivity contribution in [1.82, 2.24) is 25.4 Å². The number of aromatic nitrogens is 3. The Balaban J connectivity index is 0.00000420. The molecular formula is C18H27F2IN6O2. The van der Waals surface area contributed by atoms with Crippen LogP contribution in [0.1, 0.15) is 31.7 Å². The van der Waals surface area contributed by atoms with Gasteiger partial charge in [0.15, 0.2) is 11.8 Å². The molecule has 0 aliphatic heterocycles. The van der Waals surface area contributed by atoms with Gasteiger partial charge < -0.3 is 24.7 Å². The SMILES string of the molecule is CCCOc1ccc(CN=C(NCC)NCc2nncn2C)c(OC(F)F)c1.I. The van der Waals surface area contributed by atoms with Crippen molar-refractivity contribution in [3.63, 3.8) is 0 Å². The minimum atomic E-state index is -2.92. The summed E-state index contributed by atoms with van der Waals surface area (Å²) >= 11 is 0. The van der Waals surface area contributed by atoms with Crippen molar-refractivity contribution in [2.75, 3.05) is 13.2 Å². The van der Waals surface area contributed by atoms with Crippen LogP contribution in [0.3, 0.4) is 0 Å². The van der Waals surface area contributed by atoms with Crippen LogP contribution in [0.2, 0.25) is 0 Å². The molecule has 0 spiro atoms. The Morgan fingerprint density at radius 1 is 1.28 bits per heavy atom. The summed E-state index contributed by atoms with van der Waals surface area (Å²) in [7, 11) is 1.84. The van der Waals surface area contributed by atoms with Gasteiger partial charge in [-0.2, -0.15) is 8.78 Å². The van der Waals surface area contributed by atoms with E-state index in [1.807, 2.05) is 20.9 Å². The van der Waals surface area contributed by atoms with Gasteiger partial charge in [0.2, 0.25) is 0 Å². The van der Waals surface area contributed by atoms with Gasteiger partial charge in [-0.3, -0.25) is 0 Å². The summed E-state index contributed by atoms with van der Waals surface area (Å²) < 4.78 is 37.5. The van der Waals surface area contributed by atoms with Crippen LogP contribution in [-0.2, 0) is 20.1 Å². The smallest absolute Gasteiger partial charge is 0.387 e. The van der Waals surface area contributed by atoms with Crippen molar-refractivity contribution in [2.45, 2.75) is 40.0 Å². The van der Waals surface area contributed by atoms with Gasteiger partial charge in [0.05, 0.1) is 19.7 Å². The lowest BCUT2D eigenvalue weighted by Crippen LogP contribution is -2.37. The summed E-state index contributed by atoms with van der Waals surface area (Å²) in [5, 5.41) is 14.1. The standard InChI is InChI=1S/C18H26F2N6O2.HI/c1-4-8-27-14-7-6-13(15(9-14)28-17(19)20)10-22-18(21-5-2)23-11-16-25-24-12-26(16)3;/h6-7,9,12,17H,4-5,8,10-11H2,1-3H3,(H2,21,22,23);1H. The number of benzene rings is 1. The number of aryl methyl sites for hydroxylation is 1. The Morgan fingerprint density at radius 3 is 2.69 bits per heavy atom. The number of alkyl halides is 2. The average Bonchev–Trinajstić information content (AvgIpc) is 3.07. The predicted molar refractivity (Wildman–Crippen MR) is 117 cm³/mol. The van der Waals surface area contributed by atoms with Gasteiger partial charge in [0, 0.05) is 25.2 Å². The normalized spacial score (nSPS) is 11.2. The molecule has 0 bridgehead atoms. The van der Waals surface area contributed by atoms with Crippen molar-refractivity contribution in [1.29, 1.82) is 0 Å². The van der Waals surface area contributed by atoms with Crippen LogP contribution in [0.25, 0.3) is 0 Å². The third-order valence-electron chi connectivity index (χ3n) is 3.70. The molecule has 0 amide bonds. The molecule has 0 aliphatic carbocycles. The average molecular weight is 524 g/mol. The van der Waals surface area contributed by atoms with Gasteiger partial charge in [-0.05, 0) is 25.5 Å². The molecule has 162 valence electrons. The molecule has 0 saturated heterocycles. The zero-order valence-corrected chi connectivity index (χ0v) is 19.0. The number of nitrogens with zero attached hydrogens (tertiary/aromatic N) is 4. The number of nitrogens with one attached hydrogen (secondary N) is 2. The minimum Gasteiger partial charge on any atom is -0.493 e. The third kappa shape index (κ3) is 8.38. The van der Waals surface area contributed by atoms with Gasteiger partial charge in [-0.1, -0.05) is 6.92 Å².